The molecule has 0 amide bonds. The molecule has 0 aliphatic rings. The van der Waals surface area contributed by atoms with Crippen LogP contribution in [0.4, 0.5) is 0 Å². The normalized spacial score (nSPS) is 10.4. The number of aromatic nitrogens is 2. The average molecular weight is 167 g/mol. The van der Waals surface area contributed by atoms with Crippen LogP contribution in [0.15, 0.2) is 18.7 Å². The van der Waals surface area contributed by atoms with Gasteiger partial charge in [0.1, 0.15) is 0 Å². The van der Waals surface area contributed by atoms with Crippen molar-refractivity contribution < 1.29 is 0 Å². The van der Waals surface area contributed by atoms with Gasteiger partial charge in [0.2, 0.25) is 0 Å². The van der Waals surface area contributed by atoms with Crippen molar-refractivity contribution in [2.75, 3.05) is 13.1 Å². The summed E-state index contributed by atoms with van der Waals surface area (Å²) in [5, 5.41) is 3.38. The number of imidazole rings is 1. The number of hydrogen-bond donors (Lipinski definition) is 1. The molecule has 0 radical (unpaired) electrons. The molecule has 0 aromatic carbocycles. The molecule has 68 valence electrons. The van der Waals surface area contributed by atoms with E-state index in [-0.39, 0.29) is 0 Å². The number of unbranched alkanes of at least 4 members (excludes halogenated alkanes) is 1. The SMILES string of the molecule is CCCCNCCn1ccnc1. The Morgan fingerprint density at radius 3 is 3.00 bits per heavy atom. The summed E-state index contributed by atoms with van der Waals surface area (Å²) in [4.78, 5) is 3.97. The molecule has 0 saturated heterocycles. The standard InChI is InChI=1S/C9H17N3/c1-2-3-4-10-5-7-12-8-6-11-9-12/h6,8-10H,2-5,7H2,1H3. The van der Waals surface area contributed by atoms with Gasteiger partial charge in [-0.2, -0.15) is 0 Å². The van der Waals surface area contributed by atoms with Gasteiger partial charge in [0, 0.05) is 25.5 Å². The Kier molecular flexibility index (Phi) is 4.46. The van der Waals surface area contributed by atoms with Crippen LogP contribution in [-0.4, -0.2) is 22.6 Å². The van der Waals surface area contributed by atoms with Crippen molar-refractivity contribution in [3.8, 4) is 0 Å². The van der Waals surface area contributed by atoms with Gasteiger partial charge in [0.15, 0.2) is 0 Å². The second-order valence-electron chi connectivity index (χ2n) is 2.90. The summed E-state index contributed by atoms with van der Waals surface area (Å²) in [6, 6.07) is 0. The van der Waals surface area contributed by atoms with Crippen molar-refractivity contribution in [3.63, 3.8) is 0 Å². The van der Waals surface area contributed by atoms with Crippen LogP contribution in [0.2, 0.25) is 0 Å². The van der Waals surface area contributed by atoms with Crippen LogP contribution in [0.3, 0.4) is 0 Å². The van der Waals surface area contributed by atoms with E-state index in [9.17, 15) is 0 Å². The lowest BCUT2D eigenvalue weighted by atomic mass is 10.3. The highest BCUT2D eigenvalue weighted by Crippen LogP contribution is 1.85. The Bertz CT molecular complexity index is 182. The van der Waals surface area contributed by atoms with Crippen molar-refractivity contribution in [3.05, 3.63) is 18.7 Å². The van der Waals surface area contributed by atoms with E-state index in [0.29, 0.717) is 0 Å². The first-order valence-corrected chi connectivity index (χ1v) is 4.60. The molecule has 3 nitrogen and oxygen atoms in total. The summed E-state index contributed by atoms with van der Waals surface area (Å²) in [5.41, 5.74) is 0. The zero-order chi connectivity index (χ0) is 8.65. The quantitative estimate of drug-likeness (QED) is 0.647. The van der Waals surface area contributed by atoms with E-state index in [0.717, 1.165) is 19.6 Å². The molecular weight excluding hydrogens is 150 g/mol. The molecule has 0 unspecified atom stereocenters. The second-order valence-corrected chi connectivity index (χ2v) is 2.90. The van der Waals surface area contributed by atoms with Gasteiger partial charge in [0.25, 0.3) is 0 Å². The first kappa shape index (κ1) is 9.26. The lowest BCUT2D eigenvalue weighted by Crippen LogP contribution is -2.20. The molecule has 0 fully saturated rings. The Balaban J connectivity index is 1.96. The molecule has 0 spiro atoms. The Hall–Kier alpha value is -0.830. The molecule has 12 heavy (non-hydrogen) atoms. The molecule has 0 saturated carbocycles. The van der Waals surface area contributed by atoms with E-state index < -0.39 is 0 Å². The zero-order valence-corrected chi connectivity index (χ0v) is 7.66. The van der Waals surface area contributed by atoms with E-state index >= 15 is 0 Å². The minimum Gasteiger partial charge on any atom is -0.336 e. The molecular formula is C9H17N3. The van der Waals surface area contributed by atoms with Gasteiger partial charge in [-0.25, -0.2) is 4.98 Å². The predicted octanol–water partition coefficient (Wildman–Crippen LogP) is 1.27. The fraction of sp³-hybridized carbons (Fsp3) is 0.667. The lowest BCUT2D eigenvalue weighted by molar-refractivity contribution is 0.579. The summed E-state index contributed by atoms with van der Waals surface area (Å²) in [6.45, 7) is 5.39. The maximum Gasteiger partial charge on any atom is 0.0946 e. The summed E-state index contributed by atoms with van der Waals surface area (Å²) in [7, 11) is 0. The molecule has 1 aromatic rings. The minimum atomic E-state index is 1.02. The van der Waals surface area contributed by atoms with Gasteiger partial charge < -0.3 is 9.88 Å². The van der Waals surface area contributed by atoms with Crippen LogP contribution in [0.5, 0.6) is 0 Å². The van der Waals surface area contributed by atoms with Crippen LogP contribution in [0.25, 0.3) is 0 Å². The van der Waals surface area contributed by atoms with E-state index in [1.807, 2.05) is 18.7 Å². The maximum absolute atomic E-state index is 3.97. The van der Waals surface area contributed by atoms with Crippen molar-refractivity contribution in [1.82, 2.24) is 14.9 Å². The topological polar surface area (TPSA) is 29.9 Å². The predicted molar refractivity (Wildman–Crippen MR) is 50.0 cm³/mol. The Morgan fingerprint density at radius 2 is 2.33 bits per heavy atom. The minimum absolute atomic E-state index is 1.02. The summed E-state index contributed by atoms with van der Waals surface area (Å²) in [5.74, 6) is 0. The average Bonchev–Trinajstić information content (AvgIpc) is 2.57. The Morgan fingerprint density at radius 1 is 1.42 bits per heavy atom. The fourth-order valence-corrected chi connectivity index (χ4v) is 1.05. The highest BCUT2D eigenvalue weighted by atomic mass is 15.0. The largest absolute Gasteiger partial charge is 0.336 e. The molecule has 1 aromatic heterocycles. The van der Waals surface area contributed by atoms with Crippen molar-refractivity contribution in [2.24, 2.45) is 0 Å². The van der Waals surface area contributed by atoms with Crippen molar-refractivity contribution in [2.45, 2.75) is 26.3 Å². The number of rotatable bonds is 6. The van der Waals surface area contributed by atoms with Gasteiger partial charge in [0.05, 0.1) is 6.33 Å². The van der Waals surface area contributed by atoms with Crippen LogP contribution in [0, 0.1) is 0 Å². The van der Waals surface area contributed by atoms with Crippen LogP contribution in [-0.2, 0) is 6.54 Å². The molecule has 1 rings (SSSR count). The molecule has 0 aliphatic carbocycles. The van der Waals surface area contributed by atoms with Gasteiger partial charge in [-0.1, -0.05) is 13.3 Å². The third-order valence-electron chi connectivity index (χ3n) is 1.81. The number of nitrogens with zero attached hydrogens (tertiary/aromatic N) is 2. The third-order valence-corrected chi connectivity index (χ3v) is 1.81. The monoisotopic (exact) mass is 167 g/mol. The molecule has 3 heteroatoms. The van der Waals surface area contributed by atoms with Gasteiger partial charge in [-0.15, -0.1) is 0 Å². The van der Waals surface area contributed by atoms with Crippen molar-refractivity contribution >= 4 is 0 Å². The molecule has 1 N–H and O–H groups in total. The van der Waals surface area contributed by atoms with E-state index in [2.05, 4.69) is 21.8 Å². The van der Waals surface area contributed by atoms with Gasteiger partial charge in [-0.05, 0) is 13.0 Å². The lowest BCUT2D eigenvalue weighted by Gasteiger charge is -2.03. The van der Waals surface area contributed by atoms with Crippen molar-refractivity contribution in [1.29, 1.82) is 0 Å². The highest BCUT2D eigenvalue weighted by Gasteiger charge is 1.88. The van der Waals surface area contributed by atoms with Crippen LogP contribution >= 0.6 is 0 Å². The highest BCUT2D eigenvalue weighted by molar-refractivity contribution is 4.73. The molecule has 0 bridgehead atoms. The summed E-state index contributed by atoms with van der Waals surface area (Å²) in [6.07, 6.45) is 8.18. The first-order chi connectivity index (χ1) is 5.93. The summed E-state index contributed by atoms with van der Waals surface area (Å²) >= 11 is 0. The smallest absolute Gasteiger partial charge is 0.0946 e. The molecule has 0 aliphatic heterocycles. The van der Waals surface area contributed by atoms with E-state index in [4.69, 9.17) is 0 Å². The van der Waals surface area contributed by atoms with E-state index in [1.54, 1.807) is 0 Å². The molecule has 1 heterocycles. The first-order valence-electron chi connectivity index (χ1n) is 4.60. The number of hydrogen-bond acceptors (Lipinski definition) is 2. The van der Waals surface area contributed by atoms with E-state index in [1.165, 1.54) is 12.8 Å². The summed E-state index contributed by atoms with van der Waals surface area (Å²) < 4.78 is 2.08. The fourth-order valence-electron chi connectivity index (χ4n) is 1.05. The maximum atomic E-state index is 3.97. The van der Waals surface area contributed by atoms with Crippen LogP contribution in [0.1, 0.15) is 19.8 Å². The Labute approximate surface area is 73.8 Å². The number of nitrogens with one attached hydrogen (secondary N) is 1. The zero-order valence-electron chi connectivity index (χ0n) is 7.66. The molecule has 0 atom stereocenters. The second kappa shape index (κ2) is 5.77. The van der Waals surface area contributed by atoms with Crippen LogP contribution < -0.4 is 5.32 Å². The third kappa shape index (κ3) is 3.53. The van der Waals surface area contributed by atoms with Gasteiger partial charge in [-0.3, -0.25) is 0 Å². The van der Waals surface area contributed by atoms with Gasteiger partial charge >= 0.3 is 0 Å².